The van der Waals surface area contributed by atoms with E-state index in [1.165, 1.54) is 24.3 Å². The SMILES string of the molecule is O=C(c1ccc(F)cc1)c1ccc(CCl)o1. The fourth-order valence-electron chi connectivity index (χ4n) is 1.32. The van der Waals surface area contributed by atoms with Gasteiger partial charge in [-0.05, 0) is 36.4 Å². The molecule has 0 aliphatic heterocycles. The van der Waals surface area contributed by atoms with Crippen LogP contribution in [0.25, 0.3) is 0 Å². The fourth-order valence-corrected chi connectivity index (χ4v) is 1.46. The van der Waals surface area contributed by atoms with E-state index in [-0.39, 0.29) is 23.2 Å². The molecule has 0 unspecified atom stereocenters. The molecule has 0 N–H and O–H groups in total. The Kier molecular flexibility index (Phi) is 3.06. The highest BCUT2D eigenvalue weighted by Crippen LogP contribution is 2.15. The van der Waals surface area contributed by atoms with Crippen molar-refractivity contribution in [2.24, 2.45) is 0 Å². The molecule has 1 heterocycles. The molecule has 2 rings (SSSR count). The summed E-state index contributed by atoms with van der Waals surface area (Å²) in [7, 11) is 0. The third-order valence-electron chi connectivity index (χ3n) is 2.12. The Morgan fingerprint density at radius 3 is 2.44 bits per heavy atom. The van der Waals surface area contributed by atoms with E-state index >= 15 is 0 Å². The molecule has 1 aromatic carbocycles. The Morgan fingerprint density at radius 1 is 1.19 bits per heavy atom. The zero-order valence-electron chi connectivity index (χ0n) is 8.24. The van der Waals surface area contributed by atoms with Crippen molar-refractivity contribution in [1.29, 1.82) is 0 Å². The average Bonchev–Trinajstić information content (AvgIpc) is 2.77. The number of benzene rings is 1. The smallest absolute Gasteiger partial charge is 0.228 e. The second kappa shape index (κ2) is 4.49. The van der Waals surface area contributed by atoms with E-state index in [1.807, 2.05) is 0 Å². The predicted molar refractivity (Wildman–Crippen MR) is 58.1 cm³/mol. The molecule has 4 heteroatoms. The summed E-state index contributed by atoms with van der Waals surface area (Å²) in [5, 5.41) is 0. The Morgan fingerprint density at radius 2 is 1.88 bits per heavy atom. The van der Waals surface area contributed by atoms with E-state index in [2.05, 4.69) is 0 Å². The zero-order valence-corrected chi connectivity index (χ0v) is 9.00. The molecule has 0 radical (unpaired) electrons. The standard InChI is InChI=1S/C12H8ClFO2/c13-7-10-5-6-11(16-10)12(15)8-1-3-9(14)4-2-8/h1-6H,7H2. The first kappa shape index (κ1) is 10.9. The molecule has 0 saturated carbocycles. The molecule has 0 aliphatic carbocycles. The second-order valence-electron chi connectivity index (χ2n) is 3.24. The molecule has 0 aliphatic rings. The lowest BCUT2D eigenvalue weighted by atomic mass is 10.1. The Bertz CT molecular complexity index is 502. The van der Waals surface area contributed by atoms with Crippen LogP contribution in [-0.4, -0.2) is 5.78 Å². The minimum absolute atomic E-state index is 0.210. The number of rotatable bonds is 3. The molecular weight excluding hydrogens is 231 g/mol. The van der Waals surface area contributed by atoms with Crippen molar-refractivity contribution in [2.75, 3.05) is 0 Å². The van der Waals surface area contributed by atoms with Gasteiger partial charge in [0.2, 0.25) is 5.78 Å². The van der Waals surface area contributed by atoms with Crippen LogP contribution < -0.4 is 0 Å². The van der Waals surface area contributed by atoms with Gasteiger partial charge in [-0.25, -0.2) is 4.39 Å². The molecule has 0 saturated heterocycles. The Balaban J connectivity index is 2.28. The normalized spacial score (nSPS) is 10.4. The highest BCUT2D eigenvalue weighted by atomic mass is 35.5. The summed E-state index contributed by atoms with van der Waals surface area (Å²) in [6.07, 6.45) is 0. The molecule has 2 nitrogen and oxygen atoms in total. The number of hydrogen-bond donors (Lipinski definition) is 0. The number of furan rings is 1. The van der Waals surface area contributed by atoms with Gasteiger partial charge in [-0.2, -0.15) is 0 Å². The second-order valence-corrected chi connectivity index (χ2v) is 3.50. The van der Waals surface area contributed by atoms with E-state index < -0.39 is 0 Å². The minimum atomic E-state index is -0.377. The van der Waals surface area contributed by atoms with Crippen LogP contribution in [0.4, 0.5) is 4.39 Å². The van der Waals surface area contributed by atoms with Gasteiger partial charge < -0.3 is 4.42 Å². The van der Waals surface area contributed by atoms with E-state index in [1.54, 1.807) is 12.1 Å². The monoisotopic (exact) mass is 238 g/mol. The Hall–Kier alpha value is -1.61. The van der Waals surface area contributed by atoms with E-state index in [4.69, 9.17) is 16.0 Å². The van der Waals surface area contributed by atoms with Crippen LogP contribution >= 0.6 is 11.6 Å². The lowest BCUT2D eigenvalue weighted by molar-refractivity contribution is 0.101. The molecule has 0 bridgehead atoms. The summed E-state index contributed by atoms with van der Waals surface area (Å²) >= 11 is 5.56. The summed E-state index contributed by atoms with van der Waals surface area (Å²) in [6, 6.07) is 8.51. The zero-order chi connectivity index (χ0) is 11.5. The topological polar surface area (TPSA) is 30.2 Å². The number of alkyl halides is 1. The average molecular weight is 239 g/mol. The highest BCUT2D eigenvalue weighted by molar-refractivity contribution is 6.16. The summed E-state index contributed by atoms with van der Waals surface area (Å²) in [6.45, 7) is 0. The molecule has 0 fully saturated rings. The quantitative estimate of drug-likeness (QED) is 0.606. The molecule has 0 spiro atoms. The van der Waals surface area contributed by atoms with Crippen LogP contribution in [-0.2, 0) is 5.88 Å². The van der Waals surface area contributed by atoms with Gasteiger partial charge in [0, 0.05) is 5.56 Å². The maximum absolute atomic E-state index is 12.7. The third-order valence-corrected chi connectivity index (χ3v) is 2.39. The first-order valence-electron chi connectivity index (χ1n) is 4.65. The van der Waals surface area contributed by atoms with Crippen molar-refractivity contribution in [3.05, 3.63) is 59.3 Å². The first-order valence-corrected chi connectivity index (χ1v) is 5.19. The number of hydrogen-bond acceptors (Lipinski definition) is 2. The minimum Gasteiger partial charge on any atom is -0.456 e. The molecule has 82 valence electrons. The summed E-state index contributed by atoms with van der Waals surface area (Å²) in [5.74, 6) is 0.305. The highest BCUT2D eigenvalue weighted by Gasteiger charge is 2.13. The molecule has 16 heavy (non-hydrogen) atoms. The van der Waals surface area contributed by atoms with Gasteiger partial charge in [-0.1, -0.05) is 0 Å². The van der Waals surface area contributed by atoms with Crippen LogP contribution in [0.1, 0.15) is 21.9 Å². The third kappa shape index (κ3) is 2.14. The van der Waals surface area contributed by atoms with E-state index in [0.29, 0.717) is 11.3 Å². The molecule has 1 aromatic heterocycles. The lowest BCUT2D eigenvalue weighted by Crippen LogP contribution is -1.99. The molecule has 2 aromatic rings. The number of carbonyl (C=O) groups excluding carboxylic acids is 1. The van der Waals surface area contributed by atoms with Gasteiger partial charge in [-0.3, -0.25) is 4.79 Å². The van der Waals surface area contributed by atoms with E-state index in [9.17, 15) is 9.18 Å². The number of halogens is 2. The van der Waals surface area contributed by atoms with Gasteiger partial charge in [0.25, 0.3) is 0 Å². The van der Waals surface area contributed by atoms with Crippen molar-refractivity contribution < 1.29 is 13.6 Å². The van der Waals surface area contributed by atoms with Crippen LogP contribution in [0.5, 0.6) is 0 Å². The lowest BCUT2D eigenvalue weighted by Gasteiger charge is -1.97. The molecular formula is C12H8ClFO2. The Labute approximate surface area is 96.6 Å². The van der Waals surface area contributed by atoms with E-state index in [0.717, 1.165) is 0 Å². The first-order chi connectivity index (χ1) is 7.70. The fraction of sp³-hybridized carbons (Fsp3) is 0.0833. The summed E-state index contributed by atoms with van der Waals surface area (Å²) in [4.78, 5) is 11.8. The van der Waals surface area contributed by atoms with Crippen LogP contribution in [0, 0.1) is 5.82 Å². The number of carbonyl (C=O) groups is 1. The van der Waals surface area contributed by atoms with Crippen molar-refractivity contribution >= 4 is 17.4 Å². The van der Waals surface area contributed by atoms with Crippen LogP contribution in [0.15, 0.2) is 40.8 Å². The predicted octanol–water partition coefficient (Wildman–Crippen LogP) is 3.39. The van der Waals surface area contributed by atoms with Gasteiger partial charge in [0.15, 0.2) is 5.76 Å². The van der Waals surface area contributed by atoms with Gasteiger partial charge >= 0.3 is 0 Å². The van der Waals surface area contributed by atoms with Gasteiger partial charge in [-0.15, -0.1) is 11.6 Å². The van der Waals surface area contributed by atoms with Crippen molar-refractivity contribution in [3.63, 3.8) is 0 Å². The maximum atomic E-state index is 12.7. The summed E-state index contributed by atoms with van der Waals surface area (Å²) < 4.78 is 17.9. The van der Waals surface area contributed by atoms with Crippen molar-refractivity contribution in [3.8, 4) is 0 Å². The molecule has 0 atom stereocenters. The summed E-state index contributed by atoms with van der Waals surface area (Å²) in [5.41, 5.74) is 0.386. The molecule has 0 amide bonds. The largest absolute Gasteiger partial charge is 0.456 e. The van der Waals surface area contributed by atoms with Crippen LogP contribution in [0.3, 0.4) is 0 Å². The maximum Gasteiger partial charge on any atom is 0.228 e. The van der Waals surface area contributed by atoms with Gasteiger partial charge in [0.1, 0.15) is 11.6 Å². The van der Waals surface area contributed by atoms with Crippen molar-refractivity contribution in [1.82, 2.24) is 0 Å². The van der Waals surface area contributed by atoms with Crippen LogP contribution in [0.2, 0.25) is 0 Å². The van der Waals surface area contributed by atoms with Gasteiger partial charge in [0.05, 0.1) is 5.88 Å². The number of ketones is 1. The van der Waals surface area contributed by atoms with Crippen molar-refractivity contribution in [2.45, 2.75) is 5.88 Å².